The van der Waals surface area contributed by atoms with Gasteiger partial charge >= 0.3 is 5.97 Å². The predicted octanol–water partition coefficient (Wildman–Crippen LogP) is 9.73. The molecule has 4 heterocycles. The average molecular weight is 1190 g/mol. The SMILES string of the molecule is COCCOCOc1ccc(-c2nnc(SCC3=C(C(=O)OC(c4ccccc4)c4ccccc4)N4C(=O)[C@@H](NC(=O)/C(=N/OC)c5csc(NC(c6ccccc6)(c6ccccc6)c6ccccc6)n5)[C@H]4SC3)o2)cc1OCOCCOC. The van der Waals surface area contributed by atoms with Crippen LogP contribution in [0, 0.1) is 0 Å². The number of ether oxygens (including phenoxy) is 7. The van der Waals surface area contributed by atoms with E-state index in [4.69, 9.17) is 47.4 Å². The molecule has 8 aromatic rings. The number of nitrogens with one attached hydrogen (secondary N) is 2. The number of carbonyl (C=O) groups excluding carboxylic acids is 3. The van der Waals surface area contributed by atoms with Crippen molar-refractivity contribution in [1.82, 2.24) is 25.4 Å². The fourth-order valence-corrected chi connectivity index (χ4v) is 12.4. The molecule has 0 saturated carbocycles. The van der Waals surface area contributed by atoms with Crippen LogP contribution in [0.5, 0.6) is 11.5 Å². The molecular weight excluding hydrogens is 1130 g/mol. The Bertz CT molecular complexity index is 3390. The van der Waals surface area contributed by atoms with Crippen LogP contribution in [-0.4, -0.2) is 128 Å². The third-order valence-electron chi connectivity index (χ3n) is 13.4. The molecule has 0 aliphatic carbocycles. The number of carbonyl (C=O) groups is 3. The molecular formula is C62H59N7O12S3. The van der Waals surface area contributed by atoms with Crippen molar-refractivity contribution in [2.75, 3.05) is 78.2 Å². The average Bonchev–Trinajstić information content (AvgIpc) is 4.44. The molecule has 2 aliphatic rings. The molecule has 0 spiro atoms. The lowest BCUT2D eigenvalue weighted by Crippen LogP contribution is -2.71. The molecule has 22 heteroatoms. The Kier molecular flexibility index (Phi) is 20.1. The Morgan fingerprint density at radius 3 is 1.88 bits per heavy atom. The van der Waals surface area contributed by atoms with Crippen molar-refractivity contribution < 1.29 is 56.8 Å². The van der Waals surface area contributed by atoms with Gasteiger partial charge in [0.25, 0.3) is 17.0 Å². The lowest BCUT2D eigenvalue weighted by atomic mass is 9.77. The number of rotatable bonds is 29. The standard InChI is InChI=1S/C62H59N7O12S3/c1-73-31-33-76-39-78-49-30-29-43(35-50(49)79-40-77-34-32-74-2)56-66-67-61(81-56)84-37-44-36-82-58-52(57(71)69(58)53(44)59(72)80-54(41-19-9-4-10-20-41)42-21-11-5-12-22-42)64-55(70)51(68-75-3)48-38-83-60(63-48)65-62(45-23-13-6-14-24-45,46-25-15-7-16-26-46)47-27-17-8-18-28-47/h4-30,35,38,52,54,58H,31-34,36-37,39-40H2,1-3H3,(H,63,65)(H,64,70)/b68-51+/t52-,58-/m1/s1. The van der Waals surface area contributed by atoms with E-state index in [0.717, 1.165) is 27.8 Å². The highest BCUT2D eigenvalue weighted by Crippen LogP contribution is 2.44. The summed E-state index contributed by atoms with van der Waals surface area (Å²) in [4.78, 5) is 55.7. The van der Waals surface area contributed by atoms with Gasteiger partial charge < -0.3 is 53.0 Å². The molecule has 2 amide bonds. The van der Waals surface area contributed by atoms with E-state index in [0.29, 0.717) is 54.2 Å². The number of hydrogen-bond donors (Lipinski definition) is 2. The zero-order chi connectivity index (χ0) is 58.1. The van der Waals surface area contributed by atoms with E-state index in [-0.39, 0.29) is 53.3 Å². The quantitative estimate of drug-likeness (QED) is 0.00652. The molecule has 0 bridgehead atoms. The van der Waals surface area contributed by atoms with E-state index in [1.54, 1.807) is 37.8 Å². The van der Waals surface area contributed by atoms with Crippen LogP contribution < -0.4 is 20.1 Å². The fraction of sp³-hybridized carbons (Fsp3) is 0.242. The van der Waals surface area contributed by atoms with Crippen LogP contribution >= 0.6 is 34.9 Å². The van der Waals surface area contributed by atoms with Crippen molar-refractivity contribution in [3.8, 4) is 23.0 Å². The van der Waals surface area contributed by atoms with E-state index in [1.807, 2.05) is 115 Å². The van der Waals surface area contributed by atoms with Gasteiger partial charge in [0.15, 0.2) is 42.0 Å². The summed E-state index contributed by atoms with van der Waals surface area (Å²) in [6.45, 7) is 1.32. The second-order valence-electron chi connectivity index (χ2n) is 18.7. The number of β-lactam (4-membered cyclic amide) rings is 1. The van der Waals surface area contributed by atoms with Gasteiger partial charge in [-0.1, -0.05) is 169 Å². The van der Waals surface area contributed by atoms with Gasteiger partial charge in [-0.25, -0.2) is 9.78 Å². The van der Waals surface area contributed by atoms with Crippen molar-refractivity contribution in [1.29, 1.82) is 0 Å². The number of fused-ring (bicyclic) bond motifs is 1. The molecule has 1 fully saturated rings. The summed E-state index contributed by atoms with van der Waals surface area (Å²) in [6, 6.07) is 53.0. The summed E-state index contributed by atoms with van der Waals surface area (Å²) >= 11 is 3.86. The van der Waals surface area contributed by atoms with Crippen LogP contribution in [-0.2, 0) is 48.4 Å². The number of oxime groups is 1. The van der Waals surface area contributed by atoms with E-state index >= 15 is 0 Å². The van der Waals surface area contributed by atoms with Gasteiger partial charge in [-0.05, 0) is 51.6 Å². The Balaban J connectivity index is 0.896. The van der Waals surface area contributed by atoms with Crippen molar-refractivity contribution in [3.05, 3.63) is 220 Å². The smallest absolute Gasteiger partial charge is 0.356 e. The van der Waals surface area contributed by atoms with Crippen LogP contribution in [0.3, 0.4) is 0 Å². The topological polar surface area (TPSA) is 217 Å². The fourth-order valence-electron chi connectivity index (χ4n) is 9.44. The highest BCUT2D eigenvalue weighted by Gasteiger charge is 2.55. The molecule has 84 heavy (non-hydrogen) atoms. The normalized spacial score (nSPS) is 15.1. The maximum Gasteiger partial charge on any atom is 0.356 e. The minimum absolute atomic E-state index is 0.0495. The highest BCUT2D eigenvalue weighted by atomic mass is 32.2. The highest BCUT2D eigenvalue weighted by molar-refractivity contribution is 8.01. The number of amides is 2. The summed E-state index contributed by atoms with van der Waals surface area (Å²) < 4.78 is 45.6. The molecule has 6 aromatic carbocycles. The molecule has 0 radical (unpaired) electrons. The maximum absolute atomic E-state index is 14.9. The second-order valence-corrected chi connectivity index (χ2v) is 21.6. The summed E-state index contributed by atoms with van der Waals surface area (Å²) in [5.41, 5.74) is 4.67. The zero-order valence-corrected chi connectivity index (χ0v) is 48.4. The third kappa shape index (κ3) is 13.7. The Labute approximate surface area is 497 Å². The summed E-state index contributed by atoms with van der Waals surface area (Å²) in [5.74, 6) is -0.619. The number of benzene rings is 6. The summed E-state index contributed by atoms with van der Waals surface area (Å²) in [5, 5.41) is 21.1. The molecule has 10 rings (SSSR count). The number of thioether (sulfide) groups is 2. The first-order valence-electron chi connectivity index (χ1n) is 26.6. The van der Waals surface area contributed by atoms with Gasteiger partial charge in [-0.15, -0.1) is 33.3 Å². The molecule has 2 N–H and O–H groups in total. The number of hydrogen-bond acceptors (Lipinski definition) is 20. The predicted molar refractivity (Wildman–Crippen MR) is 318 cm³/mol. The van der Waals surface area contributed by atoms with E-state index in [1.165, 1.54) is 46.9 Å². The number of nitrogens with zero attached hydrogens (tertiary/aromatic N) is 5. The minimum atomic E-state index is -1.07. The molecule has 2 aromatic heterocycles. The monoisotopic (exact) mass is 1190 g/mol. The Morgan fingerprint density at radius 2 is 1.31 bits per heavy atom. The van der Waals surface area contributed by atoms with E-state index in [9.17, 15) is 14.4 Å². The molecule has 2 atom stereocenters. The number of esters is 1. The molecule has 2 aliphatic heterocycles. The second kappa shape index (κ2) is 28.8. The van der Waals surface area contributed by atoms with Gasteiger partial charge in [0.05, 0.1) is 26.4 Å². The molecule has 1 saturated heterocycles. The molecule has 0 unspecified atom stereocenters. The summed E-state index contributed by atoms with van der Waals surface area (Å²) in [7, 11) is 4.50. The van der Waals surface area contributed by atoms with Crippen LogP contribution in [0.4, 0.5) is 5.13 Å². The summed E-state index contributed by atoms with van der Waals surface area (Å²) in [6.07, 6.45) is -0.825. The Morgan fingerprint density at radius 1 is 0.738 bits per heavy atom. The maximum atomic E-state index is 14.9. The van der Waals surface area contributed by atoms with Crippen LogP contribution in [0.15, 0.2) is 201 Å². The van der Waals surface area contributed by atoms with Crippen molar-refractivity contribution in [2.45, 2.75) is 28.3 Å². The van der Waals surface area contributed by atoms with Crippen LogP contribution in [0.25, 0.3) is 11.5 Å². The molecule has 432 valence electrons. The molecule has 19 nitrogen and oxygen atoms in total. The van der Waals surface area contributed by atoms with Crippen molar-refractivity contribution in [2.24, 2.45) is 5.16 Å². The number of thiazole rings is 1. The van der Waals surface area contributed by atoms with Gasteiger partial charge in [0.2, 0.25) is 5.89 Å². The van der Waals surface area contributed by atoms with E-state index in [2.05, 4.69) is 62.4 Å². The Hall–Kier alpha value is -8.35. The van der Waals surface area contributed by atoms with Crippen molar-refractivity contribution in [3.63, 3.8) is 0 Å². The first-order valence-corrected chi connectivity index (χ1v) is 29.5. The van der Waals surface area contributed by atoms with Gasteiger partial charge in [0, 0.05) is 36.7 Å². The third-order valence-corrected chi connectivity index (χ3v) is 16.4. The van der Waals surface area contributed by atoms with Gasteiger partial charge in [0.1, 0.15) is 35.5 Å². The number of methoxy groups -OCH3 is 2. The number of anilines is 1. The number of aromatic nitrogens is 3. The van der Waals surface area contributed by atoms with Gasteiger partial charge in [-0.3, -0.25) is 14.5 Å². The minimum Gasteiger partial charge on any atom is -0.464 e. The first-order chi connectivity index (χ1) is 41.3. The zero-order valence-electron chi connectivity index (χ0n) is 46.0. The van der Waals surface area contributed by atoms with Crippen LogP contribution in [0.2, 0.25) is 0 Å². The van der Waals surface area contributed by atoms with Crippen molar-refractivity contribution >= 4 is 63.5 Å². The van der Waals surface area contributed by atoms with Crippen LogP contribution in [0.1, 0.15) is 39.6 Å². The van der Waals surface area contributed by atoms with E-state index < -0.39 is 40.8 Å². The van der Waals surface area contributed by atoms with Gasteiger partial charge in [-0.2, -0.15) is 0 Å². The largest absolute Gasteiger partial charge is 0.464 e. The lowest BCUT2D eigenvalue weighted by molar-refractivity contribution is -0.154. The lowest BCUT2D eigenvalue weighted by Gasteiger charge is -2.49. The first kappa shape index (κ1) is 58.8.